The molecule has 0 unspecified atom stereocenters. The Balaban J connectivity index is 1.60. The zero-order chi connectivity index (χ0) is 28.6. The summed E-state index contributed by atoms with van der Waals surface area (Å²) >= 11 is 6.24. The van der Waals surface area contributed by atoms with Gasteiger partial charge in [-0.15, -0.1) is 0 Å². The standard InChI is InChI=1S/C30H36ClN3O5/c1-4-34(18-23-8-10-24(36)15-25(23)31)29(39)13-20-6-5-7-21(12-20)16-30(2,3)33-17-28(38)22-9-11-27(37)26(14-22)32-19-35/h5-12,14-15,19,28,33,36-38H,4,13,16-18H2,1-3H3,(H,32,35)/t28-/m0/s1. The molecule has 0 spiro atoms. The first-order chi connectivity index (χ1) is 18.5. The number of phenols is 2. The largest absolute Gasteiger partial charge is 0.508 e. The van der Waals surface area contributed by atoms with Gasteiger partial charge in [-0.2, -0.15) is 0 Å². The van der Waals surface area contributed by atoms with Crippen LogP contribution in [0.2, 0.25) is 5.02 Å². The highest BCUT2D eigenvalue weighted by Gasteiger charge is 2.21. The lowest BCUT2D eigenvalue weighted by atomic mass is 9.93. The van der Waals surface area contributed by atoms with Gasteiger partial charge in [-0.05, 0) is 73.7 Å². The van der Waals surface area contributed by atoms with Crippen LogP contribution in [0.1, 0.15) is 49.1 Å². The molecule has 208 valence electrons. The molecular formula is C30H36ClN3O5. The molecule has 0 aromatic heterocycles. The third-order valence-electron chi connectivity index (χ3n) is 6.52. The molecule has 0 bridgehead atoms. The Labute approximate surface area is 234 Å². The highest BCUT2D eigenvalue weighted by Crippen LogP contribution is 2.27. The quantitative estimate of drug-likeness (QED) is 0.156. The number of nitrogens with zero attached hydrogens (tertiary/aromatic N) is 1. The third kappa shape index (κ3) is 8.71. The number of rotatable bonds is 13. The molecule has 0 aliphatic rings. The lowest BCUT2D eigenvalue weighted by molar-refractivity contribution is -0.130. The minimum Gasteiger partial charge on any atom is -0.508 e. The lowest BCUT2D eigenvalue weighted by Crippen LogP contribution is -2.43. The Hall–Kier alpha value is -3.59. The Morgan fingerprint density at radius 2 is 1.82 bits per heavy atom. The number of phenolic OH excluding ortho intramolecular Hbond substituents is 2. The summed E-state index contributed by atoms with van der Waals surface area (Å²) in [7, 11) is 0. The monoisotopic (exact) mass is 553 g/mol. The fraction of sp³-hybridized carbons (Fsp3) is 0.333. The number of nitrogens with one attached hydrogen (secondary N) is 2. The predicted octanol–water partition coefficient (Wildman–Crippen LogP) is 4.56. The minimum absolute atomic E-state index is 0.0170. The first-order valence-corrected chi connectivity index (χ1v) is 13.2. The van der Waals surface area contributed by atoms with Crippen LogP contribution >= 0.6 is 11.6 Å². The molecule has 3 aromatic rings. The van der Waals surface area contributed by atoms with Crippen LogP contribution in [0.25, 0.3) is 0 Å². The van der Waals surface area contributed by atoms with Crippen LogP contribution in [-0.2, 0) is 29.0 Å². The minimum atomic E-state index is -0.844. The second kappa shape index (κ2) is 13.5. The van der Waals surface area contributed by atoms with Crippen molar-refractivity contribution in [2.45, 2.75) is 51.8 Å². The number of β-amino-alcohol motifs (C(OH)–C–C–N with tert-alkyl or cyclic N) is 1. The number of halogens is 1. The van der Waals surface area contributed by atoms with E-state index in [9.17, 15) is 24.9 Å². The molecule has 0 fully saturated rings. The molecule has 3 aromatic carbocycles. The van der Waals surface area contributed by atoms with Crippen LogP contribution in [0.4, 0.5) is 5.69 Å². The van der Waals surface area contributed by atoms with Gasteiger partial charge >= 0.3 is 0 Å². The molecular weight excluding hydrogens is 518 g/mol. The van der Waals surface area contributed by atoms with Gasteiger partial charge < -0.3 is 30.9 Å². The van der Waals surface area contributed by atoms with Gasteiger partial charge in [-0.3, -0.25) is 9.59 Å². The highest BCUT2D eigenvalue weighted by molar-refractivity contribution is 6.31. The fourth-order valence-corrected chi connectivity index (χ4v) is 4.62. The average Bonchev–Trinajstić information content (AvgIpc) is 2.88. The molecule has 8 nitrogen and oxygen atoms in total. The number of carbonyl (C=O) groups excluding carboxylic acids is 2. The van der Waals surface area contributed by atoms with E-state index in [2.05, 4.69) is 10.6 Å². The maximum absolute atomic E-state index is 13.1. The summed E-state index contributed by atoms with van der Waals surface area (Å²) in [5.74, 6) is -0.00389. The van der Waals surface area contributed by atoms with Crippen LogP contribution in [-0.4, -0.2) is 51.2 Å². The summed E-state index contributed by atoms with van der Waals surface area (Å²) in [5, 5.41) is 36.3. The van der Waals surface area contributed by atoms with Crippen LogP contribution in [0.15, 0.2) is 60.7 Å². The number of benzene rings is 3. The molecule has 0 radical (unpaired) electrons. The first-order valence-electron chi connectivity index (χ1n) is 12.8. The van der Waals surface area contributed by atoms with Crippen molar-refractivity contribution in [1.29, 1.82) is 0 Å². The molecule has 0 aliphatic heterocycles. The third-order valence-corrected chi connectivity index (χ3v) is 6.87. The van der Waals surface area contributed by atoms with E-state index in [0.717, 1.165) is 16.7 Å². The smallest absolute Gasteiger partial charge is 0.227 e. The van der Waals surface area contributed by atoms with Crippen molar-refractivity contribution in [1.82, 2.24) is 10.2 Å². The number of aliphatic hydroxyl groups is 1. The summed E-state index contributed by atoms with van der Waals surface area (Å²) in [6, 6.07) is 17.3. The zero-order valence-corrected chi connectivity index (χ0v) is 23.2. The summed E-state index contributed by atoms with van der Waals surface area (Å²) in [4.78, 5) is 25.5. The van der Waals surface area contributed by atoms with Gasteiger partial charge in [0.1, 0.15) is 11.5 Å². The summed E-state index contributed by atoms with van der Waals surface area (Å²) in [6.45, 7) is 7.15. The molecule has 0 saturated carbocycles. The average molecular weight is 554 g/mol. The Kier molecular flexibility index (Phi) is 10.3. The topological polar surface area (TPSA) is 122 Å². The van der Waals surface area contributed by atoms with Crippen LogP contribution < -0.4 is 10.6 Å². The van der Waals surface area contributed by atoms with Gasteiger partial charge in [0.15, 0.2) is 0 Å². The van der Waals surface area contributed by atoms with E-state index in [1.807, 2.05) is 45.0 Å². The van der Waals surface area contributed by atoms with Crippen LogP contribution in [0.3, 0.4) is 0 Å². The van der Waals surface area contributed by atoms with E-state index in [4.69, 9.17) is 11.6 Å². The first kappa shape index (κ1) is 30.0. The van der Waals surface area contributed by atoms with Crippen molar-refractivity contribution < 1.29 is 24.9 Å². The number of anilines is 1. The SMILES string of the molecule is CCN(Cc1ccc(O)cc1Cl)C(=O)Cc1cccc(CC(C)(C)NC[C@H](O)c2ccc(O)c(NC=O)c2)c1. The van der Waals surface area contributed by atoms with Gasteiger partial charge in [0.05, 0.1) is 18.2 Å². The van der Waals surface area contributed by atoms with Gasteiger partial charge in [-0.1, -0.05) is 48.0 Å². The van der Waals surface area contributed by atoms with Crippen molar-refractivity contribution in [2.24, 2.45) is 0 Å². The van der Waals surface area contributed by atoms with E-state index in [1.165, 1.54) is 12.1 Å². The predicted molar refractivity (Wildman–Crippen MR) is 153 cm³/mol. The molecule has 1 atom stereocenters. The highest BCUT2D eigenvalue weighted by atomic mass is 35.5. The maximum Gasteiger partial charge on any atom is 0.227 e. The van der Waals surface area contributed by atoms with Gasteiger partial charge in [0.2, 0.25) is 12.3 Å². The van der Waals surface area contributed by atoms with Gasteiger partial charge in [0, 0.05) is 30.2 Å². The van der Waals surface area contributed by atoms with Crippen molar-refractivity contribution in [3.05, 3.63) is 87.9 Å². The number of hydrogen-bond acceptors (Lipinski definition) is 6. The Morgan fingerprint density at radius 1 is 1.08 bits per heavy atom. The summed E-state index contributed by atoms with van der Waals surface area (Å²) in [6.07, 6.45) is 0.542. The Morgan fingerprint density at radius 3 is 2.51 bits per heavy atom. The summed E-state index contributed by atoms with van der Waals surface area (Å²) < 4.78 is 0. The van der Waals surface area contributed by atoms with Crippen molar-refractivity contribution in [3.63, 3.8) is 0 Å². The maximum atomic E-state index is 13.1. The number of aliphatic hydroxyl groups excluding tert-OH is 1. The zero-order valence-electron chi connectivity index (χ0n) is 22.4. The van der Waals surface area contributed by atoms with E-state index in [1.54, 1.807) is 29.2 Å². The van der Waals surface area contributed by atoms with Crippen molar-refractivity contribution in [3.8, 4) is 11.5 Å². The van der Waals surface area contributed by atoms with E-state index < -0.39 is 6.10 Å². The van der Waals surface area contributed by atoms with Crippen molar-refractivity contribution in [2.75, 3.05) is 18.4 Å². The molecule has 0 saturated heterocycles. The van der Waals surface area contributed by atoms with Crippen LogP contribution in [0.5, 0.6) is 11.5 Å². The molecule has 3 rings (SSSR count). The van der Waals surface area contributed by atoms with E-state index in [0.29, 0.717) is 36.5 Å². The van der Waals surface area contributed by atoms with E-state index in [-0.39, 0.29) is 41.6 Å². The lowest BCUT2D eigenvalue weighted by Gasteiger charge is -2.28. The number of likely N-dealkylation sites (N-methyl/N-ethyl adjacent to an activating group) is 1. The molecule has 0 heterocycles. The molecule has 39 heavy (non-hydrogen) atoms. The molecule has 5 N–H and O–H groups in total. The van der Waals surface area contributed by atoms with Crippen LogP contribution in [0, 0.1) is 0 Å². The fourth-order valence-electron chi connectivity index (χ4n) is 4.39. The van der Waals surface area contributed by atoms with Crippen molar-refractivity contribution >= 4 is 29.6 Å². The van der Waals surface area contributed by atoms with Gasteiger partial charge in [0.25, 0.3) is 0 Å². The second-order valence-corrected chi connectivity index (χ2v) is 10.6. The van der Waals surface area contributed by atoms with E-state index >= 15 is 0 Å². The second-order valence-electron chi connectivity index (χ2n) is 10.2. The molecule has 9 heteroatoms. The molecule has 0 aliphatic carbocycles. The Bertz CT molecular complexity index is 1300. The number of aromatic hydroxyl groups is 2. The van der Waals surface area contributed by atoms with Gasteiger partial charge in [-0.25, -0.2) is 0 Å². The molecule has 2 amide bonds. The number of amides is 2. The summed E-state index contributed by atoms with van der Waals surface area (Å²) in [5.41, 5.74) is 3.17. The normalized spacial score (nSPS) is 12.1. The number of carbonyl (C=O) groups is 2. The number of hydrogen-bond donors (Lipinski definition) is 5.